The second-order valence-electron chi connectivity index (χ2n) is 8.16. The number of methoxy groups -OCH3 is 1. The minimum Gasteiger partial charge on any atom is -0.497 e. The second-order valence-corrected chi connectivity index (χ2v) is 8.16. The van der Waals surface area contributed by atoms with Crippen LogP contribution in [0.1, 0.15) is 52.0 Å². The predicted molar refractivity (Wildman–Crippen MR) is 128 cm³/mol. The Balaban J connectivity index is 1.53. The van der Waals surface area contributed by atoms with E-state index in [1.165, 1.54) is 0 Å². The highest BCUT2D eigenvalue weighted by Crippen LogP contribution is 2.31. The quantitative estimate of drug-likeness (QED) is 0.536. The topological polar surface area (TPSA) is 58.6 Å². The molecule has 3 aromatic rings. The molecule has 32 heavy (non-hydrogen) atoms. The maximum absolute atomic E-state index is 13.5. The van der Waals surface area contributed by atoms with E-state index < -0.39 is 0 Å². The minimum atomic E-state index is -0.159. The number of nitrogens with one attached hydrogen (secondary N) is 1. The van der Waals surface area contributed by atoms with Gasteiger partial charge in [-0.2, -0.15) is 0 Å². The van der Waals surface area contributed by atoms with Crippen molar-refractivity contribution in [3.8, 4) is 5.75 Å². The molecule has 0 unspecified atom stereocenters. The van der Waals surface area contributed by atoms with Crippen molar-refractivity contribution in [1.29, 1.82) is 0 Å². The lowest BCUT2D eigenvalue weighted by Gasteiger charge is -2.29. The molecule has 0 spiro atoms. The Morgan fingerprint density at radius 3 is 2.19 bits per heavy atom. The molecule has 0 atom stereocenters. The van der Waals surface area contributed by atoms with Gasteiger partial charge in [-0.15, -0.1) is 0 Å². The summed E-state index contributed by atoms with van der Waals surface area (Å²) in [6.07, 6.45) is 4.27. The maximum Gasteiger partial charge on any atom is 0.258 e. The monoisotopic (exact) mass is 428 g/mol. The first-order chi connectivity index (χ1) is 15.6. The van der Waals surface area contributed by atoms with Gasteiger partial charge in [0.25, 0.3) is 11.8 Å². The molecule has 1 saturated carbocycles. The van der Waals surface area contributed by atoms with Crippen LogP contribution in [0.3, 0.4) is 0 Å². The van der Waals surface area contributed by atoms with E-state index in [1.54, 1.807) is 37.4 Å². The molecule has 0 aromatic heterocycles. The van der Waals surface area contributed by atoms with Crippen molar-refractivity contribution in [3.05, 3.63) is 89.5 Å². The Morgan fingerprint density at radius 1 is 0.906 bits per heavy atom. The van der Waals surface area contributed by atoms with E-state index in [-0.39, 0.29) is 17.9 Å². The number of carbonyl (C=O) groups is 2. The predicted octanol–water partition coefficient (Wildman–Crippen LogP) is 5.85. The van der Waals surface area contributed by atoms with E-state index in [2.05, 4.69) is 5.32 Å². The average Bonchev–Trinajstić information content (AvgIpc) is 3.35. The van der Waals surface area contributed by atoms with Gasteiger partial charge in [-0.1, -0.05) is 31.0 Å². The number of rotatable bonds is 6. The molecule has 1 N–H and O–H groups in total. The van der Waals surface area contributed by atoms with Gasteiger partial charge in [0, 0.05) is 28.5 Å². The molecule has 0 saturated heterocycles. The van der Waals surface area contributed by atoms with Gasteiger partial charge in [-0.05, 0) is 79.9 Å². The van der Waals surface area contributed by atoms with E-state index in [0.717, 1.165) is 42.7 Å². The third-order valence-corrected chi connectivity index (χ3v) is 6.04. The van der Waals surface area contributed by atoms with E-state index in [1.807, 2.05) is 54.3 Å². The van der Waals surface area contributed by atoms with E-state index >= 15 is 0 Å². The summed E-state index contributed by atoms with van der Waals surface area (Å²) in [5.74, 6) is 0.577. The molecular weight excluding hydrogens is 400 g/mol. The molecule has 1 aliphatic rings. The first kappa shape index (κ1) is 21.6. The number of hydrogen-bond donors (Lipinski definition) is 1. The summed E-state index contributed by atoms with van der Waals surface area (Å²) in [5, 5.41) is 2.92. The number of nitrogens with zero attached hydrogens (tertiary/aromatic N) is 1. The lowest BCUT2D eigenvalue weighted by Crippen LogP contribution is -2.39. The fraction of sp³-hybridized carbons (Fsp3) is 0.259. The van der Waals surface area contributed by atoms with Gasteiger partial charge < -0.3 is 15.0 Å². The highest BCUT2D eigenvalue weighted by atomic mass is 16.5. The number of hydrogen-bond acceptors (Lipinski definition) is 3. The number of ether oxygens (including phenoxy) is 1. The van der Waals surface area contributed by atoms with Gasteiger partial charge in [0.15, 0.2) is 0 Å². The molecule has 5 nitrogen and oxygen atoms in total. The summed E-state index contributed by atoms with van der Waals surface area (Å²) in [6.45, 7) is 1.91. The van der Waals surface area contributed by atoms with Crippen LogP contribution in [0.2, 0.25) is 0 Å². The Kier molecular flexibility index (Phi) is 6.55. The highest BCUT2D eigenvalue weighted by molar-refractivity contribution is 6.08. The number of benzene rings is 3. The Morgan fingerprint density at radius 2 is 1.56 bits per heavy atom. The summed E-state index contributed by atoms with van der Waals surface area (Å²) < 4.78 is 5.27. The van der Waals surface area contributed by atoms with Crippen LogP contribution in [0, 0.1) is 6.92 Å². The molecule has 4 rings (SSSR count). The van der Waals surface area contributed by atoms with Crippen LogP contribution in [0.4, 0.5) is 11.4 Å². The molecule has 5 heteroatoms. The van der Waals surface area contributed by atoms with Crippen molar-refractivity contribution in [1.82, 2.24) is 0 Å². The van der Waals surface area contributed by atoms with Gasteiger partial charge in [0.05, 0.1) is 7.11 Å². The van der Waals surface area contributed by atoms with Crippen LogP contribution < -0.4 is 15.0 Å². The molecule has 1 fully saturated rings. The van der Waals surface area contributed by atoms with Gasteiger partial charge >= 0.3 is 0 Å². The first-order valence-corrected chi connectivity index (χ1v) is 11.0. The Hall–Kier alpha value is -3.60. The SMILES string of the molecule is COc1ccc(N(C(=O)c2ccc(NC(=O)c3ccccc3C)cc2)C2CCCC2)cc1. The second kappa shape index (κ2) is 9.69. The molecule has 0 bridgehead atoms. The number of anilines is 2. The van der Waals surface area contributed by atoms with Crippen molar-refractivity contribution in [2.24, 2.45) is 0 Å². The molecule has 1 aliphatic carbocycles. The van der Waals surface area contributed by atoms with Crippen molar-refractivity contribution in [2.45, 2.75) is 38.6 Å². The summed E-state index contributed by atoms with van der Waals surface area (Å²) in [5.41, 5.74) is 3.69. The van der Waals surface area contributed by atoms with Crippen LogP contribution in [-0.2, 0) is 0 Å². The molecule has 3 aromatic carbocycles. The van der Waals surface area contributed by atoms with E-state index in [0.29, 0.717) is 16.8 Å². The average molecular weight is 429 g/mol. The van der Waals surface area contributed by atoms with Crippen LogP contribution >= 0.6 is 0 Å². The van der Waals surface area contributed by atoms with Crippen molar-refractivity contribution in [2.75, 3.05) is 17.3 Å². The number of amides is 2. The molecule has 0 radical (unpaired) electrons. The normalized spacial score (nSPS) is 13.6. The van der Waals surface area contributed by atoms with Crippen molar-refractivity contribution in [3.63, 3.8) is 0 Å². The standard InChI is InChI=1S/C27H28N2O3/c1-19-7-3-6-10-25(19)26(30)28-21-13-11-20(12-14-21)27(31)29(22-8-4-5-9-22)23-15-17-24(32-2)18-16-23/h3,6-7,10-18,22H,4-5,8-9H2,1-2H3,(H,28,30). The Bertz CT molecular complexity index is 1080. The fourth-order valence-electron chi connectivity index (χ4n) is 4.26. The molecule has 0 aliphatic heterocycles. The maximum atomic E-state index is 13.5. The van der Waals surface area contributed by atoms with Crippen LogP contribution in [0.5, 0.6) is 5.75 Å². The van der Waals surface area contributed by atoms with Crippen molar-refractivity contribution >= 4 is 23.2 Å². The van der Waals surface area contributed by atoms with Gasteiger partial charge in [-0.25, -0.2) is 0 Å². The number of aryl methyl sites for hydroxylation is 1. The molecule has 2 amide bonds. The van der Waals surface area contributed by atoms with Crippen LogP contribution in [-0.4, -0.2) is 25.0 Å². The van der Waals surface area contributed by atoms with Crippen LogP contribution in [0.25, 0.3) is 0 Å². The molecular formula is C27H28N2O3. The van der Waals surface area contributed by atoms with E-state index in [9.17, 15) is 9.59 Å². The third-order valence-electron chi connectivity index (χ3n) is 6.04. The van der Waals surface area contributed by atoms with Gasteiger partial charge in [0.2, 0.25) is 0 Å². The third kappa shape index (κ3) is 4.67. The molecule has 164 valence electrons. The number of carbonyl (C=O) groups excluding carboxylic acids is 2. The lowest BCUT2D eigenvalue weighted by molar-refractivity contribution is 0.0976. The Labute approximate surface area is 189 Å². The summed E-state index contributed by atoms with van der Waals surface area (Å²) >= 11 is 0. The zero-order valence-electron chi connectivity index (χ0n) is 18.5. The zero-order valence-corrected chi connectivity index (χ0v) is 18.5. The lowest BCUT2D eigenvalue weighted by atomic mass is 10.1. The largest absolute Gasteiger partial charge is 0.497 e. The smallest absolute Gasteiger partial charge is 0.258 e. The van der Waals surface area contributed by atoms with Gasteiger partial charge in [-0.3, -0.25) is 9.59 Å². The van der Waals surface area contributed by atoms with E-state index in [4.69, 9.17) is 4.74 Å². The summed E-state index contributed by atoms with van der Waals surface area (Å²) in [4.78, 5) is 28.0. The zero-order chi connectivity index (χ0) is 22.5. The minimum absolute atomic E-state index is 0.0288. The summed E-state index contributed by atoms with van der Waals surface area (Å²) in [6, 6.07) is 22.4. The summed E-state index contributed by atoms with van der Waals surface area (Å²) in [7, 11) is 1.63. The van der Waals surface area contributed by atoms with Crippen LogP contribution in [0.15, 0.2) is 72.8 Å². The van der Waals surface area contributed by atoms with Gasteiger partial charge in [0.1, 0.15) is 5.75 Å². The highest BCUT2D eigenvalue weighted by Gasteiger charge is 2.29. The van der Waals surface area contributed by atoms with Crippen molar-refractivity contribution < 1.29 is 14.3 Å². The first-order valence-electron chi connectivity index (χ1n) is 11.0. The fourth-order valence-corrected chi connectivity index (χ4v) is 4.26. The molecule has 0 heterocycles.